The molecule has 0 aromatic heterocycles. The van der Waals surface area contributed by atoms with Crippen LogP contribution in [0.25, 0.3) is 0 Å². The van der Waals surface area contributed by atoms with Gasteiger partial charge in [-0.1, -0.05) is 12.7 Å². The van der Waals surface area contributed by atoms with Gasteiger partial charge in [-0.15, -0.1) is 0 Å². The highest BCUT2D eigenvalue weighted by molar-refractivity contribution is 5.35. The molecule has 1 atom stereocenters. The predicted molar refractivity (Wildman–Crippen MR) is 52.7 cm³/mol. The summed E-state index contributed by atoms with van der Waals surface area (Å²) in [7, 11) is 0. The summed E-state index contributed by atoms with van der Waals surface area (Å²) < 4.78 is 18.1. The van der Waals surface area contributed by atoms with Crippen LogP contribution in [-0.2, 0) is 0 Å². The van der Waals surface area contributed by atoms with Crippen LogP contribution in [0.4, 0.5) is 4.39 Å². The Balaban J connectivity index is 2.96. The van der Waals surface area contributed by atoms with Crippen LogP contribution in [0.1, 0.15) is 18.6 Å². The second kappa shape index (κ2) is 4.77. The number of ether oxygens (including phenoxy) is 1. The summed E-state index contributed by atoms with van der Waals surface area (Å²) in [5, 5.41) is 9.37. The van der Waals surface area contributed by atoms with Gasteiger partial charge in [-0.25, -0.2) is 4.39 Å². The van der Waals surface area contributed by atoms with Crippen LogP contribution in [0.3, 0.4) is 0 Å². The fourth-order valence-electron chi connectivity index (χ4n) is 1.13. The topological polar surface area (TPSA) is 29.5 Å². The van der Waals surface area contributed by atoms with Crippen molar-refractivity contribution in [2.75, 3.05) is 6.61 Å². The Labute approximate surface area is 82.6 Å². The van der Waals surface area contributed by atoms with Gasteiger partial charge >= 0.3 is 0 Å². The second-order valence-corrected chi connectivity index (χ2v) is 2.96. The zero-order chi connectivity index (χ0) is 10.6. The minimum absolute atomic E-state index is 0.295. The zero-order valence-electron chi connectivity index (χ0n) is 8.03. The monoisotopic (exact) mass is 196 g/mol. The molecule has 0 aliphatic rings. The summed E-state index contributed by atoms with van der Waals surface area (Å²) >= 11 is 0. The first-order chi connectivity index (χ1) is 6.65. The number of benzene rings is 1. The van der Waals surface area contributed by atoms with Gasteiger partial charge in [0.05, 0.1) is 6.10 Å². The molecule has 1 aromatic rings. The van der Waals surface area contributed by atoms with Gasteiger partial charge in [-0.2, -0.15) is 0 Å². The Hall–Kier alpha value is -1.35. The maximum absolute atomic E-state index is 12.9. The van der Waals surface area contributed by atoms with Crippen molar-refractivity contribution in [3.8, 4) is 5.75 Å². The van der Waals surface area contributed by atoms with E-state index in [1.54, 1.807) is 13.0 Å². The minimum Gasteiger partial charge on any atom is -0.489 e. The molecular formula is C11H13FO2. The van der Waals surface area contributed by atoms with Crippen molar-refractivity contribution in [3.05, 3.63) is 42.2 Å². The van der Waals surface area contributed by atoms with E-state index in [0.29, 0.717) is 17.9 Å². The average Bonchev–Trinajstić information content (AvgIpc) is 2.14. The summed E-state index contributed by atoms with van der Waals surface area (Å²) in [4.78, 5) is 0. The maximum Gasteiger partial charge on any atom is 0.128 e. The van der Waals surface area contributed by atoms with E-state index in [-0.39, 0.29) is 5.82 Å². The molecule has 2 nitrogen and oxygen atoms in total. The van der Waals surface area contributed by atoms with Crippen LogP contribution in [0.2, 0.25) is 0 Å². The number of halogens is 1. The predicted octanol–water partition coefficient (Wildman–Crippen LogP) is 2.44. The van der Waals surface area contributed by atoms with Crippen molar-refractivity contribution in [3.63, 3.8) is 0 Å². The number of aliphatic hydroxyl groups excluding tert-OH is 1. The maximum atomic E-state index is 12.9. The van der Waals surface area contributed by atoms with Gasteiger partial charge in [-0.05, 0) is 19.1 Å². The quantitative estimate of drug-likeness (QED) is 0.749. The van der Waals surface area contributed by atoms with Crippen molar-refractivity contribution in [1.82, 2.24) is 0 Å². The van der Waals surface area contributed by atoms with Gasteiger partial charge in [0.25, 0.3) is 0 Å². The highest BCUT2D eigenvalue weighted by Crippen LogP contribution is 2.25. The number of aliphatic hydroxyl groups is 1. The lowest BCUT2D eigenvalue weighted by Crippen LogP contribution is -2.00. The van der Waals surface area contributed by atoms with Crippen LogP contribution in [0.5, 0.6) is 5.75 Å². The summed E-state index contributed by atoms with van der Waals surface area (Å²) in [5.74, 6) is -0.0200. The van der Waals surface area contributed by atoms with Crippen LogP contribution < -0.4 is 4.74 Å². The third-order valence-electron chi connectivity index (χ3n) is 1.78. The summed E-state index contributed by atoms with van der Waals surface area (Å²) in [5.41, 5.74) is 0.577. The Kier molecular flexibility index (Phi) is 3.65. The van der Waals surface area contributed by atoms with Crippen molar-refractivity contribution < 1.29 is 14.2 Å². The lowest BCUT2D eigenvalue weighted by atomic mass is 10.1. The lowest BCUT2D eigenvalue weighted by Gasteiger charge is -2.12. The van der Waals surface area contributed by atoms with Crippen molar-refractivity contribution in [2.45, 2.75) is 13.0 Å². The molecule has 0 fully saturated rings. The van der Waals surface area contributed by atoms with E-state index in [1.165, 1.54) is 18.2 Å². The molecule has 0 bridgehead atoms. The first-order valence-electron chi connectivity index (χ1n) is 4.36. The summed E-state index contributed by atoms with van der Waals surface area (Å²) in [6.45, 7) is 5.39. The molecule has 1 N–H and O–H groups in total. The Morgan fingerprint density at radius 3 is 2.93 bits per heavy atom. The summed E-state index contributed by atoms with van der Waals surface area (Å²) in [6, 6.07) is 4.06. The average molecular weight is 196 g/mol. The highest BCUT2D eigenvalue weighted by Gasteiger charge is 2.09. The molecule has 0 heterocycles. The molecular weight excluding hydrogens is 183 g/mol. The number of hydrogen-bond donors (Lipinski definition) is 1. The van der Waals surface area contributed by atoms with E-state index in [0.717, 1.165) is 0 Å². The third-order valence-corrected chi connectivity index (χ3v) is 1.78. The zero-order valence-corrected chi connectivity index (χ0v) is 8.03. The van der Waals surface area contributed by atoms with Gasteiger partial charge in [-0.3, -0.25) is 0 Å². The highest BCUT2D eigenvalue weighted by atomic mass is 19.1. The molecule has 1 rings (SSSR count). The van der Waals surface area contributed by atoms with Crippen molar-refractivity contribution >= 4 is 0 Å². The van der Waals surface area contributed by atoms with Gasteiger partial charge in [0.1, 0.15) is 18.2 Å². The molecule has 0 amide bonds. The van der Waals surface area contributed by atoms with Crippen LogP contribution in [0.15, 0.2) is 30.9 Å². The van der Waals surface area contributed by atoms with Gasteiger partial charge < -0.3 is 9.84 Å². The van der Waals surface area contributed by atoms with Crippen molar-refractivity contribution in [1.29, 1.82) is 0 Å². The fourth-order valence-corrected chi connectivity index (χ4v) is 1.13. The molecule has 14 heavy (non-hydrogen) atoms. The number of rotatable bonds is 4. The standard InChI is InChI=1S/C11H13FO2/c1-3-6-14-11-7-9(12)4-5-10(11)8(2)13/h3-5,7-8,13H,1,6H2,2H3/t8-/m1/s1. The lowest BCUT2D eigenvalue weighted by molar-refractivity contribution is 0.192. The molecule has 0 unspecified atom stereocenters. The fraction of sp³-hybridized carbons (Fsp3) is 0.273. The first kappa shape index (κ1) is 10.7. The number of hydrogen-bond acceptors (Lipinski definition) is 2. The second-order valence-electron chi connectivity index (χ2n) is 2.96. The molecule has 3 heteroatoms. The van der Waals surface area contributed by atoms with Crippen molar-refractivity contribution in [2.24, 2.45) is 0 Å². The Bertz CT molecular complexity index is 321. The van der Waals surface area contributed by atoms with E-state index in [2.05, 4.69) is 6.58 Å². The molecule has 0 saturated heterocycles. The molecule has 1 aromatic carbocycles. The first-order valence-corrected chi connectivity index (χ1v) is 4.36. The molecule has 0 aliphatic heterocycles. The van der Waals surface area contributed by atoms with E-state index < -0.39 is 6.10 Å². The van der Waals surface area contributed by atoms with E-state index in [9.17, 15) is 9.50 Å². The van der Waals surface area contributed by atoms with Crippen LogP contribution in [0, 0.1) is 5.82 Å². The molecule has 0 aliphatic carbocycles. The molecule has 76 valence electrons. The molecule has 0 radical (unpaired) electrons. The van der Waals surface area contributed by atoms with Crippen LogP contribution >= 0.6 is 0 Å². The molecule has 0 spiro atoms. The van der Waals surface area contributed by atoms with Gasteiger partial charge in [0, 0.05) is 11.6 Å². The largest absolute Gasteiger partial charge is 0.489 e. The van der Waals surface area contributed by atoms with Gasteiger partial charge in [0.15, 0.2) is 0 Å². The SMILES string of the molecule is C=CCOc1cc(F)ccc1[C@@H](C)O. The normalized spacial score (nSPS) is 12.2. The summed E-state index contributed by atoms with van der Waals surface area (Å²) in [6.07, 6.45) is 0.895. The minimum atomic E-state index is -0.671. The smallest absolute Gasteiger partial charge is 0.128 e. The Morgan fingerprint density at radius 1 is 1.64 bits per heavy atom. The molecule has 0 saturated carbocycles. The van der Waals surface area contributed by atoms with E-state index in [1.807, 2.05) is 0 Å². The van der Waals surface area contributed by atoms with E-state index >= 15 is 0 Å². The third kappa shape index (κ3) is 2.57. The van der Waals surface area contributed by atoms with E-state index in [4.69, 9.17) is 4.74 Å². The van der Waals surface area contributed by atoms with Crippen LogP contribution in [-0.4, -0.2) is 11.7 Å². The Morgan fingerprint density at radius 2 is 2.36 bits per heavy atom. The van der Waals surface area contributed by atoms with Gasteiger partial charge in [0.2, 0.25) is 0 Å².